The van der Waals surface area contributed by atoms with Gasteiger partial charge in [0.25, 0.3) is 0 Å². The summed E-state index contributed by atoms with van der Waals surface area (Å²) in [7, 11) is 0. The minimum atomic E-state index is -0.969. The summed E-state index contributed by atoms with van der Waals surface area (Å²) < 4.78 is 15.3. The fraction of sp³-hybridized carbons (Fsp3) is 0.182. The molecule has 92 valence electrons. The van der Waals surface area contributed by atoms with Crippen LogP contribution in [0.25, 0.3) is 11.0 Å². The molecule has 0 amide bonds. The minimum Gasteiger partial charge on any atom is -0.454 e. The Hall–Kier alpha value is -2.57. The number of hydrogen-bond acceptors (Lipinski definition) is 6. The van der Waals surface area contributed by atoms with Crippen LogP contribution in [0.2, 0.25) is 0 Å². The lowest BCUT2D eigenvalue weighted by atomic mass is 10.1. The van der Waals surface area contributed by atoms with E-state index in [0.29, 0.717) is 16.9 Å². The monoisotopic (exact) mass is 249 g/mol. The Morgan fingerprint density at radius 1 is 1.28 bits per heavy atom. The van der Waals surface area contributed by atoms with Gasteiger partial charge in [0.1, 0.15) is 5.58 Å². The molecule has 7 heteroatoms. The second-order valence-corrected chi connectivity index (χ2v) is 3.82. The van der Waals surface area contributed by atoms with Crippen LogP contribution in [0.1, 0.15) is 5.56 Å². The third kappa shape index (κ3) is 1.33. The fourth-order valence-electron chi connectivity index (χ4n) is 1.94. The highest BCUT2D eigenvalue weighted by Crippen LogP contribution is 2.37. The average Bonchev–Trinajstić information content (AvgIpc) is 2.73. The summed E-state index contributed by atoms with van der Waals surface area (Å²) in [4.78, 5) is 21.6. The van der Waals surface area contributed by atoms with Gasteiger partial charge in [-0.3, -0.25) is 10.1 Å². The van der Waals surface area contributed by atoms with Crippen LogP contribution in [0, 0.1) is 17.0 Å². The maximum atomic E-state index is 11.5. The maximum Gasteiger partial charge on any atom is 0.415 e. The largest absolute Gasteiger partial charge is 0.454 e. The van der Waals surface area contributed by atoms with Crippen LogP contribution in [0.3, 0.4) is 0 Å². The average molecular weight is 249 g/mol. The SMILES string of the molecule is Cc1c([N+](=O)[O-])c(=O)oc2cc3c(cc12)OCO3. The van der Waals surface area contributed by atoms with Crippen molar-refractivity contribution in [3.8, 4) is 11.5 Å². The summed E-state index contributed by atoms with van der Waals surface area (Å²) in [6.07, 6.45) is 0. The zero-order chi connectivity index (χ0) is 12.9. The predicted molar refractivity (Wildman–Crippen MR) is 60.0 cm³/mol. The van der Waals surface area contributed by atoms with Crippen LogP contribution in [0.4, 0.5) is 5.69 Å². The molecular weight excluding hydrogens is 242 g/mol. The lowest BCUT2D eigenvalue weighted by Gasteiger charge is -2.03. The van der Waals surface area contributed by atoms with E-state index >= 15 is 0 Å². The highest BCUT2D eigenvalue weighted by Gasteiger charge is 2.24. The van der Waals surface area contributed by atoms with Gasteiger partial charge >= 0.3 is 11.3 Å². The molecule has 0 unspecified atom stereocenters. The maximum absolute atomic E-state index is 11.5. The zero-order valence-electron chi connectivity index (χ0n) is 9.26. The number of nitro groups is 1. The van der Waals surface area contributed by atoms with E-state index in [1.165, 1.54) is 13.0 Å². The van der Waals surface area contributed by atoms with Crippen molar-refractivity contribution < 1.29 is 18.8 Å². The summed E-state index contributed by atoms with van der Waals surface area (Å²) in [5.41, 5.74) is -1.03. The Labute approximate surface area is 99.7 Å². The zero-order valence-corrected chi connectivity index (χ0v) is 9.26. The van der Waals surface area contributed by atoms with Crippen LogP contribution in [-0.2, 0) is 0 Å². The number of hydrogen-bond donors (Lipinski definition) is 0. The summed E-state index contributed by atoms with van der Waals surface area (Å²) in [5.74, 6) is 0.938. The molecular formula is C11H7NO6. The van der Waals surface area contributed by atoms with Crippen molar-refractivity contribution in [2.75, 3.05) is 6.79 Å². The molecule has 0 N–H and O–H groups in total. The fourth-order valence-corrected chi connectivity index (χ4v) is 1.94. The van der Waals surface area contributed by atoms with E-state index in [4.69, 9.17) is 13.9 Å². The molecule has 1 aromatic carbocycles. The van der Waals surface area contributed by atoms with Gasteiger partial charge in [0.15, 0.2) is 11.5 Å². The van der Waals surface area contributed by atoms with E-state index in [9.17, 15) is 14.9 Å². The van der Waals surface area contributed by atoms with Crippen LogP contribution < -0.4 is 15.1 Å². The normalized spacial score (nSPS) is 12.9. The summed E-state index contributed by atoms with van der Waals surface area (Å²) in [6.45, 7) is 1.58. The van der Waals surface area contributed by atoms with Gasteiger partial charge in [0.05, 0.1) is 4.92 Å². The van der Waals surface area contributed by atoms with Gasteiger partial charge < -0.3 is 13.9 Å². The second kappa shape index (κ2) is 3.46. The van der Waals surface area contributed by atoms with Crippen LogP contribution in [-0.4, -0.2) is 11.7 Å². The van der Waals surface area contributed by atoms with Crippen LogP contribution >= 0.6 is 0 Å². The molecule has 0 aliphatic carbocycles. The van der Waals surface area contributed by atoms with Crippen molar-refractivity contribution in [3.05, 3.63) is 38.2 Å². The molecule has 2 heterocycles. The molecule has 0 radical (unpaired) electrons. The lowest BCUT2D eigenvalue weighted by Crippen LogP contribution is -2.09. The van der Waals surface area contributed by atoms with Gasteiger partial charge in [-0.1, -0.05) is 0 Å². The smallest absolute Gasteiger partial charge is 0.415 e. The first kappa shape index (κ1) is 10.6. The third-order valence-electron chi connectivity index (χ3n) is 2.81. The Balaban J connectivity index is 2.42. The molecule has 0 saturated heterocycles. The Kier molecular flexibility index (Phi) is 2.03. The second-order valence-electron chi connectivity index (χ2n) is 3.82. The summed E-state index contributed by atoms with van der Waals surface area (Å²) in [5, 5.41) is 11.3. The Morgan fingerprint density at radius 3 is 2.61 bits per heavy atom. The molecule has 1 aliphatic heterocycles. The Morgan fingerprint density at radius 2 is 1.94 bits per heavy atom. The summed E-state index contributed by atoms with van der Waals surface area (Å²) >= 11 is 0. The number of aryl methyl sites for hydroxylation is 1. The molecule has 0 bridgehead atoms. The van der Waals surface area contributed by atoms with Crippen LogP contribution in [0.15, 0.2) is 21.3 Å². The number of benzene rings is 1. The number of rotatable bonds is 1. The number of ether oxygens (including phenoxy) is 2. The first-order valence-corrected chi connectivity index (χ1v) is 5.09. The minimum absolute atomic E-state index is 0.0804. The van der Waals surface area contributed by atoms with Gasteiger partial charge in [-0.15, -0.1) is 0 Å². The lowest BCUT2D eigenvalue weighted by molar-refractivity contribution is -0.387. The van der Waals surface area contributed by atoms with Gasteiger partial charge in [0.2, 0.25) is 6.79 Å². The van der Waals surface area contributed by atoms with E-state index in [1.807, 2.05) is 0 Å². The van der Waals surface area contributed by atoms with E-state index in [0.717, 1.165) is 0 Å². The molecule has 0 fully saturated rings. The molecule has 0 spiro atoms. The summed E-state index contributed by atoms with van der Waals surface area (Å²) in [6, 6.07) is 3.07. The highest BCUT2D eigenvalue weighted by molar-refractivity contribution is 5.86. The molecule has 2 aromatic rings. The van der Waals surface area contributed by atoms with E-state index in [2.05, 4.69) is 0 Å². The molecule has 18 heavy (non-hydrogen) atoms. The van der Waals surface area contributed by atoms with Crippen molar-refractivity contribution in [1.29, 1.82) is 0 Å². The molecule has 1 aliphatic rings. The highest BCUT2D eigenvalue weighted by atomic mass is 16.7. The first-order chi connectivity index (χ1) is 8.58. The van der Waals surface area contributed by atoms with Crippen molar-refractivity contribution in [3.63, 3.8) is 0 Å². The standard InChI is InChI=1S/C11H7NO6/c1-5-6-2-8-9(17-4-16-8)3-7(6)18-11(13)10(5)12(14)15/h2-3H,4H2,1H3. The van der Waals surface area contributed by atoms with Crippen molar-refractivity contribution in [1.82, 2.24) is 0 Å². The topological polar surface area (TPSA) is 91.8 Å². The quantitative estimate of drug-likeness (QED) is 0.434. The predicted octanol–water partition coefficient (Wildman–Crippen LogP) is 1.74. The van der Waals surface area contributed by atoms with E-state index in [-0.39, 0.29) is 17.9 Å². The number of nitrogens with zero attached hydrogens (tertiary/aromatic N) is 1. The molecule has 0 atom stereocenters. The molecule has 3 rings (SSSR count). The molecule has 7 nitrogen and oxygen atoms in total. The molecule has 1 aromatic heterocycles. The van der Waals surface area contributed by atoms with E-state index in [1.54, 1.807) is 6.07 Å². The van der Waals surface area contributed by atoms with Gasteiger partial charge in [-0.25, -0.2) is 4.79 Å². The number of fused-ring (bicyclic) bond motifs is 2. The Bertz CT molecular complexity index is 732. The third-order valence-corrected chi connectivity index (χ3v) is 2.81. The van der Waals surface area contributed by atoms with Gasteiger partial charge in [-0.2, -0.15) is 0 Å². The molecule has 0 saturated carbocycles. The van der Waals surface area contributed by atoms with Crippen molar-refractivity contribution in [2.24, 2.45) is 0 Å². The van der Waals surface area contributed by atoms with Crippen LogP contribution in [0.5, 0.6) is 11.5 Å². The van der Waals surface area contributed by atoms with E-state index < -0.39 is 16.2 Å². The van der Waals surface area contributed by atoms with Gasteiger partial charge in [-0.05, 0) is 13.0 Å². The van der Waals surface area contributed by atoms with Crippen molar-refractivity contribution in [2.45, 2.75) is 6.92 Å². The van der Waals surface area contributed by atoms with Crippen molar-refractivity contribution >= 4 is 16.7 Å². The first-order valence-electron chi connectivity index (χ1n) is 5.09. The van der Waals surface area contributed by atoms with Gasteiger partial charge in [0, 0.05) is 17.0 Å².